The van der Waals surface area contributed by atoms with Gasteiger partial charge in [-0.2, -0.15) is 0 Å². The van der Waals surface area contributed by atoms with E-state index in [2.05, 4.69) is 69.4 Å². The molecule has 0 aliphatic heterocycles. The quantitative estimate of drug-likeness (QED) is 0.829. The summed E-state index contributed by atoms with van der Waals surface area (Å²) in [6, 6.07) is 13.1. The fourth-order valence-electron chi connectivity index (χ4n) is 2.08. The van der Waals surface area contributed by atoms with Crippen LogP contribution in [-0.2, 0) is 6.54 Å². The van der Waals surface area contributed by atoms with Gasteiger partial charge in [0.05, 0.1) is 0 Å². The minimum atomic E-state index is 0.885. The van der Waals surface area contributed by atoms with Crippen LogP contribution in [0.25, 0.3) is 0 Å². The molecule has 18 heavy (non-hydrogen) atoms. The second kappa shape index (κ2) is 5.26. The number of benzene rings is 2. The van der Waals surface area contributed by atoms with Crippen LogP contribution < -0.4 is 5.32 Å². The second-order valence-electron chi connectivity index (χ2n) is 5.08. The van der Waals surface area contributed by atoms with E-state index in [1.807, 2.05) is 0 Å². The van der Waals surface area contributed by atoms with E-state index in [-0.39, 0.29) is 0 Å². The van der Waals surface area contributed by atoms with Gasteiger partial charge < -0.3 is 5.32 Å². The van der Waals surface area contributed by atoms with Crippen LogP contribution in [0.1, 0.15) is 27.8 Å². The Hall–Kier alpha value is -1.76. The zero-order valence-corrected chi connectivity index (χ0v) is 11.7. The third kappa shape index (κ3) is 2.92. The van der Waals surface area contributed by atoms with E-state index in [1.165, 1.54) is 33.5 Å². The van der Waals surface area contributed by atoms with Crippen molar-refractivity contribution in [2.24, 2.45) is 0 Å². The zero-order valence-electron chi connectivity index (χ0n) is 11.7. The van der Waals surface area contributed by atoms with Crippen molar-refractivity contribution in [2.75, 3.05) is 5.32 Å². The van der Waals surface area contributed by atoms with Crippen molar-refractivity contribution in [2.45, 2.75) is 34.2 Å². The Morgan fingerprint density at radius 1 is 0.778 bits per heavy atom. The number of aryl methyl sites for hydroxylation is 4. The molecule has 0 radical (unpaired) electrons. The van der Waals surface area contributed by atoms with Gasteiger partial charge in [-0.05, 0) is 62.1 Å². The molecule has 1 N–H and O–H groups in total. The lowest BCUT2D eigenvalue weighted by Gasteiger charge is -2.12. The van der Waals surface area contributed by atoms with Crippen molar-refractivity contribution in [3.05, 3.63) is 64.2 Å². The standard InChI is InChI=1S/C17H21N/c1-12-5-7-17(8-6-12)18-11-16-10-14(3)13(2)9-15(16)4/h5-10,18H,11H2,1-4H3. The molecule has 0 atom stereocenters. The number of hydrogen-bond acceptors (Lipinski definition) is 1. The summed E-state index contributed by atoms with van der Waals surface area (Å²) >= 11 is 0. The summed E-state index contributed by atoms with van der Waals surface area (Å²) in [4.78, 5) is 0. The first-order chi connectivity index (χ1) is 8.56. The minimum absolute atomic E-state index is 0.885. The predicted octanol–water partition coefficient (Wildman–Crippen LogP) is 4.53. The van der Waals surface area contributed by atoms with E-state index < -0.39 is 0 Å². The monoisotopic (exact) mass is 239 g/mol. The van der Waals surface area contributed by atoms with Gasteiger partial charge in [0.2, 0.25) is 0 Å². The molecule has 0 amide bonds. The van der Waals surface area contributed by atoms with E-state index in [9.17, 15) is 0 Å². The summed E-state index contributed by atoms with van der Waals surface area (Å²) < 4.78 is 0. The topological polar surface area (TPSA) is 12.0 Å². The molecule has 0 aromatic heterocycles. The van der Waals surface area contributed by atoms with Gasteiger partial charge in [0, 0.05) is 12.2 Å². The summed E-state index contributed by atoms with van der Waals surface area (Å²) in [5.74, 6) is 0. The lowest BCUT2D eigenvalue weighted by molar-refractivity contribution is 1.10. The van der Waals surface area contributed by atoms with Crippen LogP contribution in [-0.4, -0.2) is 0 Å². The highest BCUT2D eigenvalue weighted by molar-refractivity contribution is 5.46. The lowest BCUT2D eigenvalue weighted by Crippen LogP contribution is -2.02. The molecule has 2 aromatic rings. The molecule has 2 rings (SSSR count). The molecular formula is C17H21N. The average Bonchev–Trinajstić information content (AvgIpc) is 2.34. The lowest BCUT2D eigenvalue weighted by atomic mass is 10.0. The number of nitrogens with one attached hydrogen (secondary N) is 1. The Kier molecular flexibility index (Phi) is 3.71. The number of hydrogen-bond donors (Lipinski definition) is 1. The molecule has 0 saturated carbocycles. The molecule has 0 spiro atoms. The molecule has 0 aliphatic carbocycles. The Bertz CT molecular complexity index is 538. The fourth-order valence-corrected chi connectivity index (χ4v) is 2.08. The van der Waals surface area contributed by atoms with Crippen LogP contribution >= 0.6 is 0 Å². The summed E-state index contributed by atoms with van der Waals surface area (Å²) in [6.07, 6.45) is 0. The summed E-state index contributed by atoms with van der Waals surface area (Å²) in [5.41, 5.74) is 7.94. The molecule has 0 bridgehead atoms. The zero-order chi connectivity index (χ0) is 13.1. The predicted molar refractivity (Wildman–Crippen MR) is 79.2 cm³/mol. The van der Waals surface area contributed by atoms with Gasteiger partial charge in [-0.3, -0.25) is 0 Å². The molecule has 0 aliphatic rings. The molecule has 0 fully saturated rings. The largest absolute Gasteiger partial charge is 0.381 e. The highest BCUT2D eigenvalue weighted by Crippen LogP contribution is 2.17. The van der Waals surface area contributed by atoms with Gasteiger partial charge >= 0.3 is 0 Å². The maximum atomic E-state index is 3.48. The molecule has 1 heteroatoms. The fraction of sp³-hybridized carbons (Fsp3) is 0.294. The maximum absolute atomic E-state index is 3.48. The molecule has 0 saturated heterocycles. The molecule has 0 unspecified atom stereocenters. The van der Waals surface area contributed by atoms with Crippen molar-refractivity contribution >= 4 is 5.69 Å². The summed E-state index contributed by atoms with van der Waals surface area (Å²) in [7, 11) is 0. The summed E-state index contributed by atoms with van der Waals surface area (Å²) in [6.45, 7) is 9.51. The first-order valence-corrected chi connectivity index (χ1v) is 6.43. The van der Waals surface area contributed by atoms with Gasteiger partial charge in [-0.1, -0.05) is 29.8 Å². The Morgan fingerprint density at radius 2 is 1.39 bits per heavy atom. The van der Waals surface area contributed by atoms with Crippen LogP contribution in [0.2, 0.25) is 0 Å². The molecular weight excluding hydrogens is 218 g/mol. The SMILES string of the molecule is Cc1ccc(NCc2cc(C)c(C)cc2C)cc1. The van der Waals surface area contributed by atoms with Crippen molar-refractivity contribution in [1.82, 2.24) is 0 Å². The van der Waals surface area contributed by atoms with Gasteiger partial charge in [0.15, 0.2) is 0 Å². The van der Waals surface area contributed by atoms with E-state index in [4.69, 9.17) is 0 Å². The average molecular weight is 239 g/mol. The van der Waals surface area contributed by atoms with E-state index >= 15 is 0 Å². The summed E-state index contributed by atoms with van der Waals surface area (Å²) in [5, 5.41) is 3.48. The van der Waals surface area contributed by atoms with Gasteiger partial charge in [-0.25, -0.2) is 0 Å². The molecule has 0 heterocycles. The van der Waals surface area contributed by atoms with E-state index in [0.29, 0.717) is 0 Å². The van der Waals surface area contributed by atoms with Crippen molar-refractivity contribution < 1.29 is 0 Å². The normalized spacial score (nSPS) is 10.4. The van der Waals surface area contributed by atoms with Gasteiger partial charge in [-0.15, -0.1) is 0 Å². The smallest absolute Gasteiger partial charge is 0.0403 e. The third-order valence-corrected chi connectivity index (χ3v) is 3.49. The molecule has 1 nitrogen and oxygen atoms in total. The van der Waals surface area contributed by atoms with Crippen LogP contribution in [0.5, 0.6) is 0 Å². The van der Waals surface area contributed by atoms with Crippen molar-refractivity contribution in [3.63, 3.8) is 0 Å². The first-order valence-electron chi connectivity index (χ1n) is 6.43. The minimum Gasteiger partial charge on any atom is -0.381 e. The molecule has 94 valence electrons. The first kappa shape index (κ1) is 12.7. The highest BCUT2D eigenvalue weighted by atomic mass is 14.9. The maximum Gasteiger partial charge on any atom is 0.0403 e. The van der Waals surface area contributed by atoms with Crippen molar-refractivity contribution in [3.8, 4) is 0 Å². The Balaban J connectivity index is 2.10. The van der Waals surface area contributed by atoms with Crippen LogP contribution in [0.15, 0.2) is 36.4 Å². The highest BCUT2D eigenvalue weighted by Gasteiger charge is 2.01. The Labute approximate surface area is 110 Å². The number of rotatable bonds is 3. The van der Waals surface area contributed by atoms with Crippen LogP contribution in [0, 0.1) is 27.7 Å². The van der Waals surface area contributed by atoms with E-state index in [1.54, 1.807) is 0 Å². The molecule has 2 aromatic carbocycles. The van der Waals surface area contributed by atoms with Crippen LogP contribution in [0.4, 0.5) is 5.69 Å². The van der Waals surface area contributed by atoms with Gasteiger partial charge in [0.25, 0.3) is 0 Å². The van der Waals surface area contributed by atoms with Crippen LogP contribution in [0.3, 0.4) is 0 Å². The van der Waals surface area contributed by atoms with Crippen molar-refractivity contribution in [1.29, 1.82) is 0 Å². The number of anilines is 1. The third-order valence-electron chi connectivity index (χ3n) is 3.49. The van der Waals surface area contributed by atoms with Gasteiger partial charge in [0.1, 0.15) is 0 Å². The second-order valence-corrected chi connectivity index (χ2v) is 5.08. The van der Waals surface area contributed by atoms with E-state index in [0.717, 1.165) is 6.54 Å². The Morgan fingerprint density at radius 3 is 2.06 bits per heavy atom.